The average molecular weight is 328 g/mol. The predicted octanol–water partition coefficient (Wildman–Crippen LogP) is 2.30. The Bertz CT molecular complexity index is 573. The van der Waals surface area contributed by atoms with Gasteiger partial charge >= 0.3 is 6.18 Å². The molecule has 3 N–H and O–H groups in total. The Morgan fingerprint density at radius 2 is 1.86 bits per heavy atom. The van der Waals surface area contributed by atoms with Crippen LogP contribution in [0, 0.1) is 5.82 Å². The third-order valence-corrected chi connectivity index (χ3v) is 4.29. The summed E-state index contributed by atoms with van der Waals surface area (Å²) in [6, 6.07) is 3.51. The van der Waals surface area contributed by atoms with Gasteiger partial charge in [0, 0.05) is 25.1 Å². The lowest BCUT2D eigenvalue weighted by atomic mass is 10.2. The van der Waals surface area contributed by atoms with Crippen LogP contribution in [0.25, 0.3) is 0 Å². The van der Waals surface area contributed by atoms with E-state index >= 15 is 0 Å². The van der Waals surface area contributed by atoms with Crippen LogP contribution in [0.1, 0.15) is 24.8 Å². The minimum atomic E-state index is -4.26. The van der Waals surface area contributed by atoms with Crippen molar-refractivity contribution in [1.29, 1.82) is 0 Å². The first-order valence-electron chi connectivity index (χ1n) is 6.21. The van der Waals surface area contributed by atoms with E-state index in [-0.39, 0.29) is 36.4 Å². The molecule has 0 radical (unpaired) electrons. The fraction of sp³-hybridized carbons (Fsp3) is 0.500. The van der Waals surface area contributed by atoms with Gasteiger partial charge in [0.1, 0.15) is 5.82 Å². The number of halogens is 4. The van der Waals surface area contributed by atoms with Crippen LogP contribution in [0.5, 0.6) is 0 Å². The molecule has 0 amide bonds. The van der Waals surface area contributed by atoms with Gasteiger partial charge in [-0.1, -0.05) is 6.07 Å². The molecule has 0 aliphatic heterocycles. The van der Waals surface area contributed by atoms with Gasteiger partial charge in [0.25, 0.3) is 0 Å². The maximum absolute atomic E-state index is 13.5. The first kappa shape index (κ1) is 17.9. The Morgan fingerprint density at radius 3 is 2.43 bits per heavy atom. The molecule has 9 heteroatoms. The van der Waals surface area contributed by atoms with Crippen LogP contribution in [-0.2, 0) is 16.6 Å². The maximum Gasteiger partial charge on any atom is 0.389 e. The molecule has 0 bridgehead atoms. The van der Waals surface area contributed by atoms with E-state index in [0.717, 1.165) is 6.07 Å². The molecule has 0 saturated carbocycles. The average Bonchev–Trinajstić information content (AvgIpc) is 2.36. The Balaban J connectivity index is 2.65. The number of hydrogen-bond acceptors (Lipinski definition) is 3. The van der Waals surface area contributed by atoms with Crippen molar-refractivity contribution in [3.05, 3.63) is 29.6 Å². The van der Waals surface area contributed by atoms with Gasteiger partial charge in [-0.3, -0.25) is 0 Å². The molecule has 0 aliphatic rings. The molecule has 0 unspecified atom stereocenters. The van der Waals surface area contributed by atoms with Crippen molar-refractivity contribution in [1.82, 2.24) is 4.72 Å². The highest BCUT2D eigenvalue weighted by molar-refractivity contribution is 7.89. The summed E-state index contributed by atoms with van der Waals surface area (Å²) in [6.07, 6.45) is -5.37. The molecule has 0 saturated heterocycles. The topological polar surface area (TPSA) is 72.2 Å². The summed E-state index contributed by atoms with van der Waals surface area (Å²) in [6.45, 7) is -0.448. The number of nitrogens with two attached hydrogens (primary N) is 1. The number of nitrogens with one attached hydrogen (secondary N) is 1. The number of sulfonamides is 1. The van der Waals surface area contributed by atoms with Crippen molar-refractivity contribution in [3.63, 3.8) is 0 Å². The number of rotatable bonds is 7. The predicted molar refractivity (Wildman–Crippen MR) is 69.4 cm³/mol. The first-order valence-corrected chi connectivity index (χ1v) is 7.69. The highest BCUT2D eigenvalue weighted by Crippen LogP contribution is 2.22. The summed E-state index contributed by atoms with van der Waals surface area (Å²) in [7, 11) is -3.99. The van der Waals surface area contributed by atoms with Crippen molar-refractivity contribution < 1.29 is 26.0 Å². The van der Waals surface area contributed by atoms with Crippen LogP contribution < -0.4 is 10.5 Å². The molecule has 1 aromatic carbocycles. The minimum Gasteiger partial charge on any atom is -0.326 e. The van der Waals surface area contributed by atoms with Crippen LogP contribution in [0.2, 0.25) is 0 Å². The van der Waals surface area contributed by atoms with Gasteiger partial charge in [0.2, 0.25) is 10.0 Å². The molecule has 0 spiro atoms. The zero-order valence-electron chi connectivity index (χ0n) is 11.1. The summed E-state index contributed by atoms with van der Waals surface area (Å²) in [5.41, 5.74) is 5.16. The fourth-order valence-corrected chi connectivity index (χ4v) is 3.05. The van der Waals surface area contributed by atoms with Crippen molar-refractivity contribution in [3.8, 4) is 0 Å². The van der Waals surface area contributed by atoms with Crippen molar-refractivity contribution >= 4 is 10.0 Å². The number of hydrogen-bond donors (Lipinski definition) is 2. The third-order valence-electron chi connectivity index (χ3n) is 2.75. The quantitative estimate of drug-likeness (QED) is 0.596. The van der Waals surface area contributed by atoms with E-state index in [2.05, 4.69) is 4.72 Å². The highest BCUT2D eigenvalue weighted by Gasteiger charge is 2.26. The zero-order valence-corrected chi connectivity index (χ0v) is 11.9. The van der Waals surface area contributed by atoms with E-state index in [1.165, 1.54) is 12.1 Å². The summed E-state index contributed by atoms with van der Waals surface area (Å²) >= 11 is 0. The van der Waals surface area contributed by atoms with Crippen molar-refractivity contribution in [2.24, 2.45) is 5.73 Å². The summed E-state index contributed by atoms with van der Waals surface area (Å²) in [4.78, 5) is -0.291. The molecule has 0 aromatic heterocycles. The maximum atomic E-state index is 13.5. The molecule has 4 nitrogen and oxygen atoms in total. The van der Waals surface area contributed by atoms with Gasteiger partial charge in [-0.2, -0.15) is 13.2 Å². The van der Waals surface area contributed by atoms with Crippen molar-refractivity contribution in [2.45, 2.75) is 36.9 Å². The molecule has 0 aliphatic carbocycles. The fourth-order valence-electron chi connectivity index (χ4n) is 1.72. The van der Waals surface area contributed by atoms with Gasteiger partial charge in [-0.05, 0) is 25.0 Å². The van der Waals surface area contributed by atoms with Crippen LogP contribution in [0.15, 0.2) is 23.1 Å². The molecule has 0 atom stereocenters. The van der Waals surface area contributed by atoms with Crippen LogP contribution in [0.4, 0.5) is 17.6 Å². The largest absolute Gasteiger partial charge is 0.389 e. The number of unbranched alkanes of at least 4 members (excludes halogenated alkanes) is 1. The van der Waals surface area contributed by atoms with Crippen LogP contribution in [-0.4, -0.2) is 21.1 Å². The summed E-state index contributed by atoms with van der Waals surface area (Å²) in [5.74, 6) is -0.738. The Morgan fingerprint density at radius 1 is 1.19 bits per heavy atom. The van der Waals surface area contributed by atoms with Gasteiger partial charge < -0.3 is 5.73 Å². The Labute approximate surface area is 120 Å². The third kappa shape index (κ3) is 5.60. The highest BCUT2D eigenvalue weighted by atomic mass is 32.2. The minimum absolute atomic E-state index is 0.0337. The molecule has 0 heterocycles. The molecule has 0 fully saturated rings. The Hall–Kier alpha value is -1.19. The second-order valence-corrected chi connectivity index (χ2v) is 6.13. The van der Waals surface area contributed by atoms with Gasteiger partial charge in [-0.25, -0.2) is 17.5 Å². The van der Waals surface area contributed by atoms with Crippen LogP contribution >= 0.6 is 0 Å². The van der Waals surface area contributed by atoms with E-state index < -0.39 is 28.4 Å². The van der Waals surface area contributed by atoms with E-state index in [1.807, 2.05) is 0 Å². The second kappa shape index (κ2) is 7.19. The van der Waals surface area contributed by atoms with Gasteiger partial charge in [-0.15, -0.1) is 0 Å². The Kier molecular flexibility index (Phi) is 6.11. The SMILES string of the molecule is NCc1c(F)cccc1S(=O)(=O)NCCCCC(F)(F)F. The zero-order chi connectivity index (χ0) is 16.1. The normalized spacial score (nSPS) is 12.6. The molecule has 1 aromatic rings. The molecule has 21 heavy (non-hydrogen) atoms. The lowest BCUT2D eigenvalue weighted by Gasteiger charge is -2.11. The lowest BCUT2D eigenvalue weighted by molar-refractivity contribution is -0.135. The molecular formula is C12H16F4N2O2S. The summed E-state index contributed by atoms with van der Waals surface area (Å²) < 4.78 is 75.3. The van der Waals surface area contributed by atoms with Crippen molar-refractivity contribution in [2.75, 3.05) is 6.54 Å². The summed E-state index contributed by atoms with van der Waals surface area (Å²) in [5, 5.41) is 0. The van der Waals surface area contributed by atoms with Crippen LogP contribution in [0.3, 0.4) is 0 Å². The monoisotopic (exact) mass is 328 g/mol. The standard InChI is InChI=1S/C12H16F4N2O2S/c13-10-4-3-5-11(9(10)8-17)21(19,20)18-7-2-1-6-12(14,15)16/h3-5,18H,1-2,6-8,17H2. The first-order chi connectivity index (χ1) is 9.67. The lowest BCUT2D eigenvalue weighted by Crippen LogP contribution is -2.27. The number of alkyl halides is 3. The van der Waals surface area contributed by atoms with E-state index in [1.54, 1.807) is 0 Å². The second-order valence-electron chi connectivity index (χ2n) is 4.39. The van der Waals surface area contributed by atoms with E-state index in [4.69, 9.17) is 5.73 Å². The van der Waals surface area contributed by atoms with Gasteiger partial charge in [0.05, 0.1) is 4.90 Å². The molecule has 120 valence electrons. The van der Waals surface area contributed by atoms with E-state index in [9.17, 15) is 26.0 Å². The number of benzene rings is 1. The smallest absolute Gasteiger partial charge is 0.326 e. The molecule has 1 rings (SSSR count). The van der Waals surface area contributed by atoms with Gasteiger partial charge in [0.15, 0.2) is 0 Å². The molecular weight excluding hydrogens is 312 g/mol. The van der Waals surface area contributed by atoms with E-state index in [0.29, 0.717) is 0 Å².